The molecule has 1 heterocycles. The first kappa shape index (κ1) is 21.4. The maximum Gasteiger partial charge on any atom is 0.261 e. The van der Waals surface area contributed by atoms with Gasteiger partial charge in [0.05, 0.1) is 22.5 Å². The number of benzene rings is 2. The second-order valence-electron chi connectivity index (χ2n) is 6.04. The lowest BCUT2D eigenvalue weighted by Gasteiger charge is -2.09. The maximum absolute atomic E-state index is 12.4. The molecule has 0 atom stereocenters. The molecule has 0 fully saturated rings. The number of nitrogens with one attached hydrogen (secondary N) is 2. The van der Waals surface area contributed by atoms with Crippen LogP contribution in [-0.2, 0) is 20.6 Å². The van der Waals surface area contributed by atoms with E-state index in [9.17, 15) is 13.2 Å². The molecule has 0 bridgehead atoms. The normalized spacial score (nSPS) is 11.1. The van der Waals surface area contributed by atoms with Crippen LogP contribution in [-0.4, -0.2) is 25.1 Å². The van der Waals surface area contributed by atoms with Crippen LogP contribution < -0.4 is 10.0 Å². The fraction of sp³-hybridized carbons (Fsp3) is 0.100. The van der Waals surface area contributed by atoms with Crippen LogP contribution >= 0.6 is 27.7 Å². The highest BCUT2D eigenvalue weighted by atomic mass is 79.9. The summed E-state index contributed by atoms with van der Waals surface area (Å²) in [5.74, 6) is 0.896. The fourth-order valence-electron chi connectivity index (χ4n) is 2.39. The molecule has 0 unspecified atom stereocenters. The van der Waals surface area contributed by atoms with E-state index in [2.05, 4.69) is 31.0 Å². The average Bonchev–Trinajstić information content (AvgIpc) is 2.70. The Morgan fingerprint density at radius 3 is 2.38 bits per heavy atom. The summed E-state index contributed by atoms with van der Waals surface area (Å²) in [6, 6.07) is 17.2. The molecular formula is C20H18BrN3O3S2. The molecule has 3 rings (SSSR count). The smallest absolute Gasteiger partial charge is 0.261 e. The number of aromatic nitrogens is 1. The van der Waals surface area contributed by atoms with Gasteiger partial charge in [0.15, 0.2) is 0 Å². The van der Waals surface area contributed by atoms with Crippen molar-refractivity contribution in [1.29, 1.82) is 0 Å². The van der Waals surface area contributed by atoms with Gasteiger partial charge in [0.1, 0.15) is 0 Å². The van der Waals surface area contributed by atoms with Crippen molar-refractivity contribution in [2.45, 2.75) is 10.6 Å². The van der Waals surface area contributed by atoms with E-state index in [0.29, 0.717) is 17.1 Å². The number of hydrogen-bond acceptors (Lipinski definition) is 5. The second kappa shape index (κ2) is 9.91. The number of thioether (sulfide) groups is 1. The molecule has 6 nitrogen and oxygen atoms in total. The second-order valence-corrected chi connectivity index (χ2v) is 9.62. The fourth-order valence-corrected chi connectivity index (χ4v) is 4.49. The van der Waals surface area contributed by atoms with Gasteiger partial charge in [-0.25, -0.2) is 8.42 Å². The highest BCUT2D eigenvalue weighted by molar-refractivity contribution is 9.10. The summed E-state index contributed by atoms with van der Waals surface area (Å²) < 4.78 is 28.3. The van der Waals surface area contributed by atoms with Gasteiger partial charge in [-0.2, -0.15) is 0 Å². The van der Waals surface area contributed by atoms with Gasteiger partial charge < -0.3 is 5.32 Å². The third-order valence-electron chi connectivity index (χ3n) is 3.78. The molecule has 0 radical (unpaired) electrons. The van der Waals surface area contributed by atoms with Gasteiger partial charge in [-0.15, -0.1) is 11.8 Å². The van der Waals surface area contributed by atoms with Crippen LogP contribution in [0.2, 0.25) is 0 Å². The number of amides is 1. The first-order valence-corrected chi connectivity index (χ1v) is 12.0. The Morgan fingerprint density at radius 2 is 1.72 bits per heavy atom. The van der Waals surface area contributed by atoms with Crippen LogP contribution in [0.25, 0.3) is 0 Å². The van der Waals surface area contributed by atoms with E-state index in [1.807, 2.05) is 24.3 Å². The zero-order chi connectivity index (χ0) is 20.7. The molecular weight excluding hydrogens is 474 g/mol. The number of hydrogen-bond donors (Lipinski definition) is 2. The lowest BCUT2D eigenvalue weighted by atomic mass is 10.2. The zero-order valence-electron chi connectivity index (χ0n) is 15.2. The number of rotatable bonds is 8. The SMILES string of the molecule is O=C(CSCc1ccc(Br)cc1)Nc1ccc(S(=O)(=O)Nc2cccnc2)cc1. The van der Waals surface area contributed by atoms with Crippen molar-refractivity contribution in [2.24, 2.45) is 0 Å². The largest absolute Gasteiger partial charge is 0.325 e. The van der Waals surface area contributed by atoms with Gasteiger partial charge in [0.2, 0.25) is 5.91 Å². The van der Waals surface area contributed by atoms with Crippen molar-refractivity contribution in [3.63, 3.8) is 0 Å². The summed E-state index contributed by atoms with van der Waals surface area (Å²) in [7, 11) is -3.72. The first-order chi connectivity index (χ1) is 13.9. The highest BCUT2D eigenvalue weighted by Crippen LogP contribution is 2.19. The molecule has 150 valence electrons. The predicted octanol–water partition coefficient (Wildman–Crippen LogP) is 4.52. The summed E-state index contributed by atoms with van der Waals surface area (Å²) in [6.45, 7) is 0. The minimum absolute atomic E-state index is 0.101. The number of anilines is 2. The van der Waals surface area contributed by atoms with Crippen molar-refractivity contribution in [3.05, 3.63) is 83.1 Å². The van der Waals surface area contributed by atoms with E-state index in [-0.39, 0.29) is 10.8 Å². The van der Waals surface area contributed by atoms with E-state index >= 15 is 0 Å². The molecule has 9 heteroatoms. The summed E-state index contributed by atoms with van der Waals surface area (Å²) in [5, 5.41) is 2.77. The number of carbonyl (C=O) groups is 1. The molecule has 2 N–H and O–H groups in total. The molecule has 0 saturated carbocycles. The van der Waals surface area contributed by atoms with E-state index in [0.717, 1.165) is 15.8 Å². The van der Waals surface area contributed by atoms with E-state index in [1.165, 1.54) is 30.1 Å². The van der Waals surface area contributed by atoms with Crippen LogP contribution in [0.1, 0.15) is 5.56 Å². The van der Waals surface area contributed by atoms with Crippen molar-refractivity contribution < 1.29 is 13.2 Å². The van der Waals surface area contributed by atoms with Gasteiger partial charge in [-0.05, 0) is 54.1 Å². The molecule has 3 aromatic rings. The third kappa shape index (κ3) is 6.59. The van der Waals surface area contributed by atoms with Crippen molar-refractivity contribution in [2.75, 3.05) is 15.8 Å². The monoisotopic (exact) mass is 491 g/mol. The molecule has 0 saturated heterocycles. The lowest BCUT2D eigenvalue weighted by Crippen LogP contribution is -2.15. The minimum Gasteiger partial charge on any atom is -0.325 e. The lowest BCUT2D eigenvalue weighted by molar-refractivity contribution is -0.113. The molecule has 0 aliphatic carbocycles. The zero-order valence-corrected chi connectivity index (χ0v) is 18.4. The van der Waals surface area contributed by atoms with Crippen LogP contribution in [0.5, 0.6) is 0 Å². The van der Waals surface area contributed by atoms with Crippen molar-refractivity contribution in [1.82, 2.24) is 4.98 Å². The maximum atomic E-state index is 12.4. The molecule has 0 aliphatic heterocycles. The minimum atomic E-state index is -3.72. The number of pyridine rings is 1. The van der Waals surface area contributed by atoms with Gasteiger partial charge in [0, 0.05) is 22.1 Å². The topological polar surface area (TPSA) is 88.2 Å². The Hall–Kier alpha value is -2.36. The van der Waals surface area contributed by atoms with Crippen molar-refractivity contribution in [3.8, 4) is 0 Å². The number of halogens is 1. The van der Waals surface area contributed by atoms with E-state index < -0.39 is 10.0 Å². The number of nitrogens with zero attached hydrogens (tertiary/aromatic N) is 1. The van der Waals surface area contributed by atoms with Crippen LogP contribution in [0.15, 0.2) is 82.4 Å². The van der Waals surface area contributed by atoms with Gasteiger partial charge in [0.25, 0.3) is 10.0 Å². The van der Waals surface area contributed by atoms with Gasteiger partial charge >= 0.3 is 0 Å². The quantitative estimate of drug-likeness (QED) is 0.483. The van der Waals surface area contributed by atoms with E-state index in [4.69, 9.17) is 0 Å². The van der Waals surface area contributed by atoms with Gasteiger partial charge in [-0.3, -0.25) is 14.5 Å². The van der Waals surface area contributed by atoms with Crippen LogP contribution in [0.3, 0.4) is 0 Å². The van der Waals surface area contributed by atoms with Crippen LogP contribution in [0, 0.1) is 0 Å². The van der Waals surface area contributed by atoms with Crippen LogP contribution in [0.4, 0.5) is 11.4 Å². The summed E-state index contributed by atoms with van der Waals surface area (Å²) in [4.78, 5) is 16.1. The molecule has 1 aromatic heterocycles. The summed E-state index contributed by atoms with van der Waals surface area (Å²) >= 11 is 4.90. The highest BCUT2D eigenvalue weighted by Gasteiger charge is 2.14. The molecule has 29 heavy (non-hydrogen) atoms. The molecule has 0 spiro atoms. The van der Waals surface area contributed by atoms with Gasteiger partial charge in [-0.1, -0.05) is 28.1 Å². The van der Waals surface area contributed by atoms with E-state index in [1.54, 1.807) is 30.5 Å². The number of sulfonamides is 1. The molecule has 1 amide bonds. The average molecular weight is 492 g/mol. The summed E-state index contributed by atoms with van der Waals surface area (Å²) in [6.07, 6.45) is 2.99. The standard InChI is InChI=1S/C20H18BrN3O3S2/c21-16-5-3-15(4-6-16)13-28-14-20(25)23-17-7-9-19(10-8-17)29(26,27)24-18-2-1-11-22-12-18/h1-12,24H,13-14H2,(H,23,25). The summed E-state index contributed by atoms with van der Waals surface area (Å²) in [5.41, 5.74) is 2.06. The van der Waals surface area contributed by atoms with Crippen molar-refractivity contribution >= 4 is 55.0 Å². The molecule has 0 aliphatic rings. The molecule has 2 aromatic carbocycles. The predicted molar refractivity (Wildman–Crippen MR) is 120 cm³/mol. The Bertz CT molecular complexity index is 1060. The third-order valence-corrected chi connectivity index (χ3v) is 6.71. The Balaban J connectivity index is 1.51. The Labute approximate surface area is 182 Å². The Kier molecular flexibility index (Phi) is 7.29. The Morgan fingerprint density at radius 1 is 1.00 bits per heavy atom. The first-order valence-electron chi connectivity index (χ1n) is 8.57. The number of carbonyl (C=O) groups excluding carboxylic acids is 1.